The summed E-state index contributed by atoms with van der Waals surface area (Å²) in [5, 5.41) is 14.4. The minimum atomic E-state index is -0.679. The van der Waals surface area contributed by atoms with Crippen LogP contribution in [0.25, 0.3) is 0 Å². The zero-order valence-corrected chi connectivity index (χ0v) is 12.2. The molecule has 2 N–H and O–H groups in total. The molecule has 110 valence electrons. The molecule has 0 aromatic heterocycles. The van der Waals surface area contributed by atoms with Crippen LogP contribution < -0.4 is 10.6 Å². The van der Waals surface area contributed by atoms with Crippen LogP contribution in [0.3, 0.4) is 0 Å². The maximum Gasteiger partial charge on any atom is 0.350 e. The van der Waals surface area contributed by atoms with Gasteiger partial charge in [0.2, 0.25) is 5.91 Å². The van der Waals surface area contributed by atoms with Gasteiger partial charge in [0.05, 0.1) is 6.61 Å². The number of hydrogen-bond acceptors (Lipinski definition) is 5. The Balaban J connectivity index is 2.90. The van der Waals surface area contributed by atoms with Gasteiger partial charge in [0, 0.05) is 24.5 Å². The lowest BCUT2D eigenvalue weighted by Gasteiger charge is -2.09. The molecule has 0 fully saturated rings. The SMILES string of the molecule is CCOC(=O)/C(C#N)=C\Nc1ccc(C)c(NC(C)=O)c1. The average Bonchev–Trinajstić information content (AvgIpc) is 2.42. The number of ether oxygens (including phenoxy) is 1. The van der Waals surface area contributed by atoms with Crippen molar-refractivity contribution in [1.82, 2.24) is 0 Å². The number of anilines is 2. The second-order valence-corrected chi connectivity index (χ2v) is 4.25. The summed E-state index contributed by atoms with van der Waals surface area (Å²) in [6, 6.07) is 7.08. The van der Waals surface area contributed by atoms with Crippen LogP contribution >= 0.6 is 0 Å². The number of benzene rings is 1. The molecule has 0 heterocycles. The van der Waals surface area contributed by atoms with Gasteiger partial charge in [0.1, 0.15) is 6.07 Å². The molecule has 6 heteroatoms. The van der Waals surface area contributed by atoms with Gasteiger partial charge in [-0.1, -0.05) is 6.07 Å². The second-order valence-electron chi connectivity index (χ2n) is 4.25. The highest BCUT2D eigenvalue weighted by Gasteiger charge is 2.09. The number of aryl methyl sites for hydroxylation is 1. The topological polar surface area (TPSA) is 91.2 Å². The molecule has 0 spiro atoms. The van der Waals surface area contributed by atoms with Gasteiger partial charge in [0.15, 0.2) is 5.57 Å². The number of rotatable bonds is 5. The molecule has 1 rings (SSSR count). The lowest BCUT2D eigenvalue weighted by Crippen LogP contribution is -2.09. The zero-order valence-electron chi connectivity index (χ0n) is 12.2. The van der Waals surface area contributed by atoms with Crippen molar-refractivity contribution in [1.29, 1.82) is 5.26 Å². The molecule has 1 aromatic rings. The fraction of sp³-hybridized carbons (Fsp3) is 0.267. The van der Waals surface area contributed by atoms with E-state index in [-0.39, 0.29) is 18.1 Å². The predicted octanol–water partition coefficient (Wildman–Crippen LogP) is 2.34. The molecule has 0 aliphatic heterocycles. The van der Waals surface area contributed by atoms with Crippen LogP contribution in [-0.4, -0.2) is 18.5 Å². The number of nitrogens with zero attached hydrogens (tertiary/aromatic N) is 1. The lowest BCUT2D eigenvalue weighted by molar-refractivity contribution is -0.138. The van der Waals surface area contributed by atoms with E-state index in [9.17, 15) is 9.59 Å². The van der Waals surface area contributed by atoms with E-state index in [0.29, 0.717) is 11.4 Å². The van der Waals surface area contributed by atoms with Gasteiger partial charge < -0.3 is 15.4 Å². The van der Waals surface area contributed by atoms with E-state index < -0.39 is 5.97 Å². The minimum Gasteiger partial charge on any atom is -0.462 e. The van der Waals surface area contributed by atoms with E-state index in [1.165, 1.54) is 13.1 Å². The first-order chi connectivity index (χ1) is 9.97. The van der Waals surface area contributed by atoms with Crippen molar-refractivity contribution in [3.05, 3.63) is 35.5 Å². The van der Waals surface area contributed by atoms with E-state index in [1.807, 2.05) is 13.0 Å². The first-order valence-corrected chi connectivity index (χ1v) is 6.40. The van der Waals surface area contributed by atoms with Crippen molar-refractivity contribution in [2.75, 3.05) is 17.2 Å². The molecule has 21 heavy (non-hydrogen) atoms. The Bertz CT molecular complexity index is 615. The number of esters is 1. The molecule has 0 aliphatic carbocycles. The summed E-state index contributed by atoms with van der Waals surface area (Å²) >= 11 is 0. The Morgan fingerprint density at radius 1 is 1.43 bits per heavy atom. The molecular formula is C15H17N3O3. The van der Waals surface area contributed by atoms with E-state index in [2.05, 4.69) is 10.6 Å². The molecule has 0 radical (unpaired) electrons. The summed E-state index contributed by atoms with van der Waals surface area (Å²) in [5.41, 5.74) is 2.08. The molecule has 0 atom stereocenters. The average molecular weight is 287 g/mol. The van der Waals surface area contributed by atoms with Crippen molar-refractivity contribution in [3.63, 3.8) is 0 Å². The lowest BCUT2D eigenvalue weighted by atomic mass is 10.1. The number of hydrogen-bond donors (Lipinski definition) is 2. The molecule has 1 aromatic carbocycles. The van der Waals surface area contributed by atoms with E-state index >= 15 is 0 Å². The van der Waals surface area contributed by atoms with Gasteiger partial charge in [-0.05, 0) is 31.5 Å². The largest absolute Gasteiger partial charge is 0.462 e. The molecule has 0 bridgehead atoms. The molecule has 0 saturated carbocycles. The Morgan fingerprint density at radius 2 is 2.14 bits per heavy atom. The summed E-state index contributed by atoms with van der Waals surface area (Å²) in [7, 11) is 0. The summed E-state index contributed by atoms with van der Waals surface area (Å²) in [5.74, 6) is -0.850. The summed E-state index contributed by atoms with van der Waals surface area (Å²) in [6.07, 6.45) is 1.28. The Labute approximate surface area is 123 Å². The summed E-state index contributed by atoms with van der Waals surface area (Å²) < 4.78 is 4.75. The Hall–Kier alpha value is -2.81. The number of carbonyl (C=O) groups is 2. The monoisotopic (exact) mass is 287 g/mol. The summed E-state index contributed by atoms with van der Waals surface area (Å²) in [6.45, 7) is 5.16. The van der Waals surface area contributed by atoms with Crippen molar-refractivity contribution in [2.24, 2.45) is 0 Å². The van der Waals surface area contributed by atoms with Gasteiger partial charge in [-0.15, -0.1) is 0 Å². The van der Waals surface area contributed by atoms with Gasteiger partial charge in [-0.25, -0.2) is 4.79 Å². The van der Waals surface area contributed by atoms with Crippen molar-refractivity contribution >= 4 is 23.3 Å². The molecular weight excluding hydrogens is 270 g/mol. The molecule has 1 amide bonds. The van der Waals surface area contributed by atoms with Crippen LogP contribution in [0.4, 0.5) is 11.4 Å². The maximum absolute atomic E-state index is 11.5. The highest BCUT2D eigenvalue weighted by atomic mass is 16.5. The second kappa shape index (κ2) is 7.70. The van der Waals surface area contributed by atoms with Crippen LogP contribution in [-0.2, 0) is 14.3 Å². The normalized spacial score (nSPS) is 10.5. The van der Waals surface area contributed by atoms with Crippen LogP contribution in [0.5, 0.6) is 0 Å². The number of nitriles is 1. The standard InChI is InChI=1S/C15H17N3O3/c1-4-21-15(20)12(8-16)9-17-13-6-5-10(2)14(7-13)18-11(3)19/h5-7,9,17H,4H2,1-3H3,(H,18,19)/b12-9-. The van der Waals surface area contributed by atoms with E-state index in [0.717, 1.165) is 5.56 Å². The quantitative estimate of drug-likeness (QED) is 0.492. The molecule has 0 saturated heterocycles. The van der Waals surface area contributed by atoms with E-state index in [1.54, 1.807) is 25.1 Å². The van der Waals surface area contributed by atoms with Crippen LogP contribution in [0.15, 0.2) is 30.0 Å². The number of nitrogens with one attached hydrogen (secondary N) is 2. The number of amides is 1. The highest BCUT2D eigenvalue weighted by Crippen LogP contribution is 2.20. The molecule has 0 unspecified atom stereocenters. The van der Waals surface area contributed by atoms with E-state index in [4.69, 9.17) is 10.00 Å². The minimum absolute atomic E-state index is 0.126. The predicted molar refractivity (Wildman–Crippen MR) is 79.4 cm³/mol. The van der Waals surface area contributed by atoms with Gasteiger partial charge in [-0.2, -0.15) is 5.26 Å². The number of carbonyl (C=O) groups excluding carboxylic acids is 2. The van der Waals surface area contributed by atoms with Crippen molar-refractivity contribution in [2.45, 2.75) is 20.8 Å². The van der Waals surface area contributed by atoms with Crippen LogP contribution in [0.1, 0.15) is 19.4 Å². The summed E-state index contributed by atoms with van der Waals surface area (Å²) in [4.78, 5) is 22.6. The first-order valence-electron chi connectivity index (χ1n) is 6.40. The third kappa shape index (κ3) is 4.99. The Kier molecular flexibility index (Phi) is 5.96. The smallest absolute Gasteiger partial charge is 0.350 e. The molecule has 6 nitrogen and oxygen atoms in total. The van der Waals surface area contributed by atoms with Crippen LogP contribution in [0, 0.1) is 18.3 Å². The fourth-order valence-electron chi connectivity index (χ4n) is 1.54. The third-order valence-electron chi connectivity index (χ3n) is 2.55. The third-order valence-corrected chi connectivity index (χ3v) is 2.55. The highest BCUT2D eigenvalue weighted by molar-refractivity contribution is 5.93. The van der Waals surface area contributed by atoms with Crippen molar-refractivity contribution in [3.8, 4) is 6.07 Å². The van der Waals surface area contributed by atoms with Gasteiger partial charge in [0.25, 0.3) is 0 Å². The van der Waals surface area contributed by atoms with Crippen molar-refractivity contribution < 1.29 is 14.3 Å². The Morgan fingerprint density at radius 3 is 2.71 bits per heavy atom. The fourth-order valence-corrected chi connectivity index (χ4v) is 1.54. The first kappa shape index (κ1) is 16.2. The molecule has 0 aliphatic rings. The zero-order chi connectivity index (χ0) is 15.8. The van der Waals surface area contributed by atoms with Gasteiger partial charge in [-0.3, -0.25) is 4.79 Å². The van der Waals surface area contributed by atoms with Gasteiger partial charge >= 0.3 is 5.97 Å². The van der Waals surface area contributed by atoms with Crippen LogP contribution in [0.2, 0.25) is 0 Å². The maximum atomic E-state index is 11.5.